The fourth-order valence-electron chi connectivity index (χ4n) is 2.79. The molecule has 1 fully saturated rings. The van der Waals surface area contributed by atoms with Crippen LogP contribution in [-0.4, -0.2) is 57.9 Å². The summed E-state index contributed by atoms with van der Waals surface area (Å²) in [4.78, 5) is 36.2. The number of hydrogen-bond acceptors (Lipinski definition) is 6. The molecular weight excluding hydrogens is 371 g/mol. The minimum atomic E-state index is -0.467. The number of fused-ring (bicyclic) bond motifs is 1. The number of thiazole rings is 1. The van der Waals surface area contributed by atoms with Gasteiger partial charge >= 0.3 is 6.09 Å². The molecule has 3 heterocycles. The third-order valence-electron chi connectivity index (χ3n) is 4.20. The van der Waals surface area contributed by atoms with E-state index in [2.05, 4.69) is 9.97 Å². The van der Waals surface area contributed by atoms with Gasteiger partial charge < -0.3 is 14.5 Å². The van der Waals surface area contributed by atoms with E-state index in [9.17, 15) is 14.0 Å². The van der Waals surface area contributed by atoms with Crippen molar-refractivity contribution in [1.82, 2.24) is 19.8 Å². The van der Waals surface area contributed by atoms with Crippen LogP contribution in [0, 0.1) is 5.82 Å². The van der Waals surface area contributed by atoms with E-state index >= 15 is 0 Å². The maximum absolute atomic E-state index is 13.3. The molecule has 0 bridgehead atoms. The van der Waals surface area contributed by atoms with Gasteiger partial charge in [-0.3, -0.25) is 9.78 Å². The first-order valence-electron chi connectivity index (χ1n) is 8.32. The molecule has 2 amide bonds. The molecule has 1 aliphatic heterocycles. The number of rotatable bonds is 2. The van der Waals surface area contributed by atoms with Gasteiger partial charge in [-0.05, 0) is 24.3 Å². The number of pyridine rings is 1. The van der Waals surface area contributed by atoms with Crippen LogP contribution in [0.5, 0.6) is 5.75 Å². The van der Waals surface area contributed by atoms with Crippen molar-refractivity contribution in [2.75, 3.05) is 26.2 Å². The van der Waals surface area contributed by atoms with Crippen LogP contribution in [0.4, 0.5) is 9.18 Å². The van der Waals surface area contributed by atoms with Crippen molar-refractivity contribution in [2.24, 2.45) is 0 Å². The van der Waals surface area contributed by atoms with Crippen molar-refractivity contribution >= 4 is 33.6 Å². The predicted molar refractivity (Wildman–Crippen MR) is 97.3 cm³/mol. The molecule has 4 rings (SSSR count). The van der Waals surface area contributed by atoms with Gasteiger partial charge in [0, 0.05) is 38.4 Å². The molecule has 27 heavy (non-hydrogen) atoms. The first kappa shape index (κ1) is 17.3. The molecule has 138 valence electrons. The zero-order valence-corrected chi connectivity index (χ0v) is 15.0. The van der Waals surface area contributed by atoms with Gasteiger partial charge in [-0.15, -0.1) is 11.3 Å². The predicted octanol–water partition coefficient (Wildman–Crippen LogP) is 2.79. The van der Waals surface area contributed by atoms with Gasteiger partial charge in [0.1, 0.15) is 5.82 Å². The van der Waals surface area contributed by atoms with Gasteiger partial charge in [-0.2, -0.15) is 0 Å². The molecule has 9 heteroatoms. The zero-order chi connectivity index (χ0) is 18.8. The van der Waals surface area contributed by atoms with E-state index in [4.69, 9.17) is 4.74 Å². The summed E-state index contributed by atoms with van der Waals surface area (Å²) >= 11 is 1.24. The molecule has 0 atom stereocenters. The summed E-state index contributed by atoms with van der Waals surface area (Å²) in [5.41, 5.74) is 0.474. The molecule has 0 spiro atoms. The molecule has 3 aromatic rings. The molecule has 0 saturated carbocycles. The van der Waals surface area contributed by atoms with Gasteiger partial charge in [-0.25, -0.2) is 14.2 Å². The Bertz CT molecular complexity index is 987. The van der Waals surface area contributed by atoms with E-state index in [-0.39, 0.29) is 11.7 Å². The second kappa shape index (κ2) is 7.28. The smallest absolute Gasteiger partial charge is 0.409 e. The van der Waals surface area contributed by atoms with Gasteiger partial charge in [0.05, 0.1) is 16.4 Å². The van der Waals surface area contributed by atoms with Crippen LogP contribution in [0.25, 0.3) is 10.2 Å². The lowest BCUT2D eigenvalue weighted by Gasteiger charge is -2.33. The highest BCUT2D eigenvalue weighted by Gasteiger charge is 2.27. The van der Waals surface area contributed by atoms with E-state index < -0.39 is 6.09 Å². The molecule has 0 N–H and O–H groups in total. The Balaban J connectivity index is 1.38. The number of nitrogens with zero attached hydrogens (tertiary/aromatic N) is 4. The molecule has 1 aromatic carbocycles. The van der Waals surface area contributed by atoms with Crippen LogP contribution in [0.15, 0.2) is 42.7 Å². The molecule has 0 radical (unpaired) electrons. The molecule has 1 aliphatic rings. The van der Waals surface area contributed by atoms with Gasteiger partial charge in [0.25, 0.3) is 5.91 Å². The number of piperazine rings is 1. The van der Waals surface area contributed by atoms with Crippen molar-refractivity contribution in [3.8, 4) is 5.75 Å². The summed E-state index contributed by atoms with van der Waals surface area (Å²) in [5, 5.41) is 0.321. The number of carbonyl (C=O) groups is 2. The van der Waals surface area contributed by atoms with E-state index in [0.717, 1.165) is 4.70 Å². The Morgan fingerprint density at radius 1 is 1.11 bits per heavy atom. The minimum absolute atomic E-state index is 0.211. The van der Waals surface area contributed by atoms with Crippen LogP contribution in [0.3, 0.4) is 0 Å². The Labute approximate surface area is 158 Å². The molecule has 0 unspecified atom stereocenters. The lowest BCUT2D eigenvalue weighted by Crippen LogP contribution is -2.51. The summed E-state index contributed by atoms with van der Waals surface area (Å²) in [6.07, 6.45) is 2.59. The van der Waals surface area contributed by atoms with Crippen molar-refractivity contribution in [2.45, 2.75) is 0 Å². The number of hydrogen-bond donors (Lipinski definition) is 0. The van der Waals surface area contributed by atoms with E-state index in [1.807, 2.05) is 0 Å². The maximum Gasteiger partial charge on any atom is 0.415 e. The normalized spacial score (nSPS) is 14.4. The Kier molecular flexibility index (Phi) is 4.68. The molecule has 1 saturated heterocycles. The highest BCUT2D eigenvalue weighted by molar-refractivity contribution is 7.20. The fourth-order valence-corrected chi connectivity index (χ4v) is 3.71. The first-order chi connectivity index (χ1) is 13.1. The van der Waals surface area contributed by atoms with Crippen molar-refractivity contribution < 1.29 is 18.7 Å². The fraction of sp³-hybridized carbons (Fsp3) is 0.222. The standard InChI is InChI=1S/C18H15FN4O3S/c19-12-3-4-15-14(10-12)21-16(27-15)17(24)22-6-8-23(9-7-22)18(25)26-13-2-1-5-20-11-13/h1-5,10-11H,6-9H2. The van der Waals surface area contributed by atoms with Crippen molar-refractivity contribution in [3.05, 3.63) is 53.6 Å². The van der Waals surface area contributed by atoms with Gasteiger partial charge in [0.15, 0.2) is 10.8 Å². The summed E-state index contributed by atoms with van der Waals surface area (Å²) in [5.74, 6) is -0.216. The molecular formula is C18H15FN4O3S. The van der Waals surface area contributed by atoms with Gasteiger partial charge in [0.2, 0.25) is 0 Å². The van der Waals surface area contributed by atoms with Crippen LogP contribution in [-0.2, 0) is 0 Å². The number of aromatic nitrogens is 2. The Morgan fingerprint density at radius 3 is 2.63 bits per heavy atom. The van der Waals surface area contributed by atoms with Gasteiger partial charge in [-0.1, -0.05) is 0 Å². The Morgan fingerprint density at radius 2 is 1.89 bits per heavy atom. The molecule has 7 nitrogen and oxygen atoms in total. The number of carbonyl (C=O) groups excluding carboxylic acids is 2. The first-order valence-corrected chi connectivity index (χ1v) is 9.14. The third-order valence-corrected chi connectivity index (χ3v) is 5.22. The summed E-state index contributed by atoms with van der Waals surface area (Å²) < 4.78 is 19.3. The lowest BCUT2D eigenvalue weighted by atomic mass is 10.3. The largest absolute Gasteiger partial charge is 0.415 e. The highest BCUT2D eigenvalue weighted by atomic mass is 32.1. The van der Waals surface area contributed by atoms with Crippen LogP contribution in [0.2, 0.25) is 0 Å². The summed E-state index contributed by atoms with van der Waals surface area (Å²) in [6, 6.07) is 7.62. The second-order valence-corrected chi connectivity index (χ2v) is 7.00. The lowest BCUT2D eigenvalue weighted by molar-refractivity contribution is 0.0633. The quantitative estimate of drug-likeness (QED) is 0.677. The average molecular weight is 386 g/mol. The second-order valence-electron chi connectivity index (χ2n) is 5.97. The number of ether oxygens (including phenoxy) is 1. The van der Waals surface area contributed by atoms with E-state index in [1.165, 1.54) is 29.7 Å². The topological polar surface area (TPSA) is 75.6 Å². The minimum Gasteiger partial charge on any atom is -0.409 e. The third kappa shape index (κ3) is 3.72. The molecule has 2 aromatic heterocycles. The monoisotopic (exact) mass is 386 g/mol. The van der Waals surface area contributed by atoms with Crippen LogP contribution in [0.1, 0.15) is 9.80 Å². The zero-order valence-electron chi connectivity index (χ0n) is 14.2. The van der Waals surface area contributed by atoms with Crippen molar-refractivity contribution in [3.63, 3.8) is 0 Å². The number of benzene rings is 1. The molecule has 0 aliphatic carbocycles. The van der Waals surface area contributed by atoms with E-state index in [1.54, 1.807) is 34.2 Å². The Hall–Kier alpha value is -3.07. The highest BCUT2D eigenvalue weighted by Crippen LogP contribution is 2.24. The number of halogens is 1. The number of amides is 2. The van der Waals surface area contributed by atoms with E-state index in [0.29, 0.717) is 42.5 Å². The SMILES string of the molecule is O=C(Oc1cccnc1)N1CCN(C(=O)c2nc3cc(F)ccc3s2)CC1. The summed E-state index contributed by atoms with van der Waals surface area (Å²) in [7, 11) is 0. The maximum atomic E-state index is 13.3. The van der Waals surface area contributed by atoms with Crippen LogP contribution < -0.4 is 4.74 Å². The van der Waals surface area contributed by atoms with Crippen molar-refractivity contribution in [1.29, 1.82) is 0 Å². The van der Waals surface area contributed by atoms with Crippen LogP contribution >= 0.6 is 11.3 Å². The summed E-state index contributed by atoms with van der Waals surface area (Å²) in [6.45, 7) is 1.49. The average Bonchev–Trinajstić information content (AvgIpc) is 3.11.